The first-order chi connectivity index (χ1) is 9.54. The fourth-order valence-corrected chi connectivity index (χ4v) is 2.33. The Morgan fingerprint density at radius 3 is 2.25 bits per heavy atom. The highest BCUT2D eigenvalue weighted by Gasteiger charge is 2.07. The molecule has 0 saturated heterocycles. The molecule has 104 valence electrons. The van der Waals surface area contributed by atoms with Gasteiger partial charge in [-0.15, -0.1) is 0 Å². The molecule has 1 heteroatoms. The standard InChI is InChI=1S/C19H22O/c1-14-5-8-17(9-6-14)10-11-19(20)13-18-12-15(2)4-7-16(18)3/h4-9,12H,10-11,13H2,1-3H3. The van der Waals surface area contributed by atoms with Crippen molar-refractivity contribution in [2.75, 3.05) is 0 Å². The van der Waals surface area contributed by atoms with E-state index in [-0.39, 0.29) is 0 Å². The van der Waals surface area contributed by atoms with Gasteiger partial charge in [-0.3, -0.25) is 4.79 Å². The quantitative estimate of drug-likeness (QED) is 0.786. The average molecular weight is 266 g/mol. The molecule has 0 aliphatic rings. The molecular weight excluding hydrogens is 244 g/mol. The Hall–Kier alpha value is -1.89. The maximum Gasteiger partial charge on any atom is 0.137 e. The van der Waals surface area contributed by atoms with E-state index < -0.39 is 0 Å². The molecule has 0 aliphatic carbocycles. The smallest absolute Gasteiger partial charge is 0.137 e. The van der Waals surface area contributed by atoms with Gasteiger partial charge in [0.1, 0.15) is 5.78 Å². The number of benzene rings is 2. The Kier molecular flexibility index (Phi) is 4.73. The van der Waals surface area contributed by atoms with Gasteiger partial charge >= 0.3 is 0 Å². The molecular formula is C19H22O. The van der Waals surface area contributed by atoms with Crippen molar-refractivity contribution in [1.82, 2.24) is 0 Å². The van der Waals surface area contributed by atoms with Crippen molar-refractivity contribution in [1.29, 1.82) is 0 Å². The van der Waals surface area contributed by atoms with Crippen molar-refractivity contribution in [2.24, 2.45) is 0 Å². The molecule has 0 bridgehead atoms. The van der Waals surface area contributed by atoms with Crippen LogP contribution in [-0.4, -0.2) is 5.78 Å². The Balaban J connectivity index is 1.92. The van der Waals surface area contributed by atoms with Crippen molar-refractivity contribution in [2.45, 2.75) is 40.0 Å². The molecule has 2 aromatic rings. The lowest BCUT2D eigenvalue weighted by Gasteiger charge is -2.07. The van der Waals surface area contributed by atoms with Crippen LogP contribution in [0.1, 0.15) is 34.2 Å². The lowest BCUT2D eigenvalue weighted by molar-refractivity contribution is -0.118. The van der Waals surface area contributed by atoms with Crippen LogP contribution in [-0.2, 0) is 17.6 Å². The Labute approximate surface area is 121 Å². The molecule has 20 heavy (non-hydrogen) atoms. The maximum absolute atomic E-state index is 12.1. The van der Waals surface area contributed by atoms with Crippen LogP contribution in [0.3, 0.4) is 0 Å². The largest absolute Gasteiger partial charge is 0.299 e. The second-order valence-corrected chi connectivity index (χ2v) is 5.63. The number of hydrogen-bond donors (Lipinski definition) is 0. The highest BCUT2D eigenvalue weighted by Crippen LogP contribution is 2.13. The summed E-state index contributed by atoms with van der Waals surface area (Å²) >= 11 is 0. The van der Waals surface area contributed by atoms with E-state index in [0.29, 0.717) is 18.6 Å². The second kappa shape index (κ2) is 6.51. The number of aryl methyl sites for hydroxylation is 4. The van der Waals surface area contributed by atoms with Crippen LogP contribution in [0.5, 0.6) is 0 Å². The van der Waals surface area contributed by atoms with Crippen molar-refractivity contribution in [3.05, 3.63) is 70.3 Å². The fraction of sp³-hybridized carbons (Fsp3) is 0.316. The number of Topliss-reactive ketones (excluding diaryl/α,β-unsaturated/α-hetero) is 1. The van der Waals surface area contributed by atoms with E-state index >= 15 is 0 Å². The van der Waals surface area contributed by atoms with E-state index in [1.165, 1.54) is 27.8 Å². The topological polar surface area (TPSA) is 17.1 Å². The van der Waals surface area contributed by atoms with Crippen LogP contribution in [0.15, 0.2) is 42.5 Å². The Bertz CT molecular complexity index is 594. The molecule has 2 rings (SSSR count). The fourth-order valence-electron chi connectivity index (χ4n) is 2.33. The van der Waals surface area contributed by atoms with E-state index in [0.717, 1.165) is 6.42 Å². The van der Waals surface area contributed by atoms with Crippen LogP contribution >= 0.6 is 0 Å². The summed E-state index contributed by atoms with van der Waals surface area (Å²) in [7, 11) is 0. The van der Waals surface area contributed by atoms with Crippen molar-refractivity contribution in [3.8, 4) is 0 Å². The first-order valence-electron chi connectivity index (χ1n) is 7.18. The zero-order valence-electron chi connectivity index (χ0n) is 12.6. The molecule has 0 unspecified atom stereocenters. The van der Waals surface area contributed by atoms with Crippen LogP contribution in [0.25, 0.3) is 0 Å². The van der Waals surface area contributed by atoms with Gasteiger partial charge in [0.15, 0.2) is 0 Å². The summed E-state index contributed by atoms with van der Waals surface area (Å²) in [5, 5.41) is 0. The zero-order chi connectivity index (χ0) is 14.5. The molecule has 0 spiro atoms. The first-order valence-corrected chi connectivity index (χ1v) is 7.18. The van der Waals surface area contributed by atoms with Gasteiger partial charge in [-0.25, -0.2) is 0 Å². The minimum atomic E-state index is 0.319. The molecule has 0 atom stereocenters. The average Bonchev–Trinajstić information content (AvgIpc) is 2.42. The zero-order valence-corrected chi connectivity index (χ0v) is 12.6. The summed E-state index contributed by atoms with van der Waals surface area (Å²) in [4.78, 5) is 12.1. The molecule has 1 nitrogen and oxygen atoms in total. The van der Waals surface area contributed by atoms with Crippen LogP contribution < -0.4 is 0 Å². The molecule has 0 radical (unpaired) electrons. The van der Waals surface area contributed by atoms with Gasteiger partial charge < -0.3 is 0 Å². The molecule has 0 heterocycles. The number of carbonyl (C=O) groups excluding carboxylic acids is 1. The van der Waals surface area contributed by atoms with E-state index in [9.17, 15) is 4.79 Å². The highest BCUT2D eigenvalue weighted by atomic mass is 16.1. The summed E-state index contributed by atoms with van der Waals surface area (Å²) in [5.74, 6) is 0.319. The van der Waals surface area contributed by atoms with E-state index in [1.54, 1.807) is 0 Å². The molecule has 0 saturated carbocycles. The van der Waals surface area contributed by atoms with Gasteiger partial charge in [-0.2, -0.15) is 0 Å². The highest BCUT2D eigenvalue weighted by molar-refractivity contribution is 5.81. The summed E-state index contributed by atoms with van der Waals surface area (Å²) in [6.45, 7) is 6.22. The summed E-state index contributed by atoms with van der Waals surface area (Å²) in [5.41, 5.74) is 6.09. The molecule has 0 amide bonds. The third-order valence-electron chi connectivity index (χ3n) is 3.71. The first kappa shape index (κ1) is 14.5. The third kappa shape index (κ3) is 4.06. The molecule has 0 fully saturated rings. The van der Waals surface area contributed by atoms with Gasteiger partial charge in [0.05, 0.1) is 0 Å². The van der Waals surface area contributed by atoms with Gasteiger partial charge in [0.25, 0.3) is 0 Å². The lowest BCUT2D eigenvalue weighted by atomic mass is 9.98. The molecule has 0 N–H and O–H groups in total. The normalized spacial score (nSPS) is 10.6. The van der Waals surface area contributed by atoms with Crippen molar-refractivity contribution in [3.63, 3.8) is 0 Å². The van der Waals surface area contributed by atoms with E-state index in [1.807, 2.05) is 0 Å². The summed E-state index contributed by atoms with van der Waals surface area (Å²) in [6.07, 6.45) is 2.01. The number of hydrogen-bond acceptors (Lipinski definition) is 1. The van der Waals surface area contributed by atoms with Gasteiger partial charge in [0, 0.05) is 12.8 Å². The van der Waals surface area contributed by atoms with E-state index in [2.05, 4.69) is 63.2 Å². The number of rotatable bonds is 5. The summed E-state index contributed by atoms with van der Waals surface area (Å²) in [6, 6.07) is 14.7. The SMILES string of the molecule is Cc1ccc(CCC(=O)Cc2cc(C)ccc2C)cc1. The Morgan fingerprint density at radius 2 is 1.55 bits per heavy atom. The summed E-state index contributed by atoms with van der Waals surface area (Å²) < 4.78 is 0. The molecule has 0 aliphatic heterocycles. The predicted molar refractivity (Wildman–Crippen MR) is 84.1 cm³/mol. The van der Waals surface area contributed by atoms with Crippen molar-refractivity contribution >= 4 is 5.78 Å². The van der Waals surface area contributed by atoms with Gasteiger partial charge in [-0.1, -0.05) is 53.6 Å². The van der Waals surface area contributed by atoms with Crippen LogP contribution in [0.2, 0.25) is 0 Å². The van der Waals surface area contributed by atoms with Gasteiger partial charge in [0.2, 0.25) is 0 Å². The van der Waals surface area contributed by atoms with Crippen LogP contribution in [0.4, 0.5) is 0 Å². The van der Waals surface area contributed by atoms with E-state index in [4.69, 9.17) is 0 Å². The molecule has 2 aromatic carbocycles. The van der Waals surface area contributed by atoms with Crippen LogP contribution in [0, 0.1) is 20.8 Å². The van der Waals surface area contributed by atoms with Gasteiger partial charge in [-0.05, 0) is 43.9 Å². The number of carbonyl (C=O) groups is 1. The lowest BCUT2D eigenvalue weighted by Crippen LogP contribution is -2.06. The van der Waals surface area contributed by atoms with Crippen molar-refractivity contribution < 1.29 is 4.79 Å². The third-order valence-corrected chi connectivity index (χ3v) is 3.71. The second-order valence-electron chi connectivity index (χ2n) is 5.63. The Morgan fingerprint density at radius 1 is 0.900 bits per heavy atom. The minimum absolute atomic E-state index is 0.319. The number of ketones is 1. The maximum atomic E-state index is 12.1. The monoisotopic (exact) mass is 266 g/mol. The predicted octanol–water partition coefficient (Wildman–Crippen LogP) is 4.36. The molecule has 0 aromatic heterocycles. The minimum Gasteiger partial charge on any atom is -0.299 e.